The molecule has 0 radical (unpaired) electrons. The molecule has 3 nitrogen and oxygen atoms in total. The lowest BCUT2D eigenvalue weighted by atomic mass is 9.86. The van der Waals surface area contributed by atoms with E-state index in [9.17, 15) is 4.79 Å². The van der Waals surface area contributed by atoms with Gasteiger partial charge in [-0.1, -0.05) is 13.8 Å². The van der Waals surface area contributed by atoms with E-state index in [-0.39, 0.29) is 29.5 Å². The molecule has 0 N–H and O–H groups in total. The highest BCUT2D eigenvalue weighted by Crippen LogP contribution is 2.31. The van der Waals surface area contributed by atoms with Crippen LogP contribution in [0.3, 0.4) is 0 Å². The lowest BCUT2D eigenvalue weighted by Gasteiger charge is -2.31. The zero-order valence-electron chi connectivity index (χ0n) is 13.4. The van der Waals surface area contributed by atoms with Gasteiger partial charge in [-0.15, -0.1) is 12.6 Å². The van der Waals surface area contributed by atoms with Crippen LogP contribution < -0.4 is 0 Å². The van der Waals surface area contributed by atoms with Crippen molar-refractivity contribution in [2.24, 2.45) is 11.8 Å². The van der Waals surface area contributed by atoms with E-state index in [0.29, 0.717) is 0 Å². The normalized spacial score (nSPS) is 35.2. The van der Waals surface area contributed by atoms with Crippen molar-refractivity contribution in [1.29, 1.82) is 0 Å². The summed E-state index contributed by atoms with van der Waals surface area (Å²) in [7, 11) is 0. The van der Waals surface area contributed by atoms with Crippen LogP contribution in [0.5, 0.6) is 0 Å². The van der Waals surface area contributed by atoms with Gasteiger partial charge in [0, 0.05) is 0 Å². The van der Waals surface area contributed by atoms with Gasteiger partial charge >= 0.3 is 5.97 Å². The van der Waals surface area contributed by atoms with E-state index in [0.717, 1.165) is 50.9 Å². The predicted molar refractivity (Wildman–Crippen MR) is 87.4 cm³/mol. The fourth-order valence-electron chi connectivity index (χ4n) is 3.36. The molecule has 2 rings (SSSR count). The molecule has 0 heterocycles. The van der Waals surface area contributed by atoms with Crippen LogP contribution in [-0.4, -0.2) is 23.6 Å². The van der Waals surface area contributed by atoms with Crippen LogP contribution in [-0.2, 0) is 14.3 Å². The van der Waals surface area contributed by atoms with Crippen LogP contribution in [0.4, 0.5) is 0 Å². The van der Waals surface area contributed by atoms with Gasteiger partial charge < -0.3 is 9.47 Å². The molecule has 1 unspecified atom stereocenters. The first-order valence-corrected chi connectivity index (χ1v) is 9.14. The molecular formula is C17H30O3S. The van der Waals surface area contributed by atoms with Gasteiger partial charge in [0.25, 0.3) is 0 Å². The molecule has 0 aliphatic heterocycles. The van der Waals surface area contributed by atoms with Gasteiger partial charge in [0.05, 0.1) is 12.0 Å². The largest absolute Gasteiger partial charge is 0.462 e. The maximum absolute atomic E-state index is 12.3. The Bertz CT molecular complexity index is 318. The van der Waals surface area contributed by atoms with Crippen molar-refractivity contribution in [3.05, 3.63) is 0 Å². The number of ether oxygens (including phenoxy) is 2. The lowest BCUT2D eigenvalue weighted by molar-refractivity contribution is -0.158. The standard InChI is InChI=1S/C17H30O3S/c1-3-16(21)19-14-10-6-13(7-11-14)17(18)20-15-8-4-12(2)5-9-15/h12-16,21H,3-11H2,1-2H3. The summed E-state index contributed by atoms with van der Waals surface area (Å²) in [6.07, 6.45) is 9.55. The van der Waals surface area contributed by atoms with Crippen LogP contribution >= 0.6 is 12.6 Å². The maximum Gasteiger partial charge on any atom is 0.309 e. The fraction of sp³-hybridized carbons (Fsp3) is 0.941. The Morgan fingerprint density at radius 1 is 1.05 bits per heavy atom. The zero-order valence-corrected chi connectivity index (χ0v) is 14.3. The van der Waals surface area contributed by atoms with Crippen molar-refractivity contribution in [3.8, 4) is 0 Å². The van der Waals surface area contributed by atoms with Crippen molar-refractivity contribution >= 4 is 18.6 Å². The van der Waals surface area contributed by atoms with Crippen molar-refractivity contribution < 1.29 is 14.3 Å². The molecule has 2 aliphatic rings. The monoisotopic (exact) mass is 314 g/mol. The lowest BCUT2D eigenvalue weighted by Crippen LogP contribution is -2.32. The van der Waals surface area contributed by atoms with E-state index in [1.807, 2.05) is 0 Å². The van der Waals surface area contributed by atoms with Crippen LogP contribution in [0.15, 0.2) is 0 Å². The minimum atomic E-state index is 0.0303. The van der Waals surface area contributed by atoms with Crippen LogP contribution in [0.2, 0.25) is 0 Å². The highest BCUT2D eigenvalue weighted by atomic mass is 32.1. The average Bonchev–Trinajstić information content (AvgIpc) is 2.50. The molecule has 0 saturated heterocycles. The first-order chi connectivity index (χ1) is 10.1. The topological polar surface area (TPSA) is 35.5 Å². The van der Waals surface area contributed by atoms with Gasteiger partial charge in [0.1, 0.15) is 11.5 Å². The second-order valence-electron chi connectivity index (χ2n) is 6.79. The quantitative estimate of drug-likeness (QED) is 0.465. The van der Waals surface area contributed by atoms with Gasteiger partial charge in [0.15, 0.2) is 0 Å². The highest BCUT2D eigenvalue weighted by Gasteiger charge is 2.30. The van der Waals surface area contributed by atoms with Crippen molar-refractivity contribution in [3.63, 3.8) is 0 Å². The molecule has 0 aromatic carbocycles. The van der Waals surface area contributed by atoms with Gasteiger partial charge in [-0.05, 0) is 63.7 Å². The number of carbonyl (C=O) groups excluding carboxylic acids is 1. The summed E-state index contributed by atoms with van der Waals surface area (Å²) in [5.41, 5.74) is 0.0303. The Morgan fingerprint density at radius 3 is 2.19 bits per heavy atom. The van der Waals surface area contributed by atoms with E-state index < -0.39 is 0 Å². The number of carbonyl (C=O) groups is 1. The summed E-state index contributed by atoms with van der Waals surface area (Å²) in [5, 5.41) is 0. The van der Waals surface area contributed by atoms with E-state index in [2.05, 4.69) is 26.5 Å². The average molecular weight is 314 g/mol. The number of thiol groups is 1. The van der Waals surface area contributed by atoms with Crippen LogP contribution in [0.1, 0.15) is 71.6 Å². The smallest absolute Gasteiger partial charge is 0.309 e. The summed E-state index contributed by atoms with van der Waals surface area (Å²) in [5.74, 6) is 0.912. The number of hydrogen-bond donors (Lipinski definition) is 1. The molecule has 21 heavy (non-hydrogen) atoms. The molecule has 1 atom stereocenters. The van der Waals surface area contributed by atoms with E-state index in [4.69, 9.17) is 9.47 Å². The Labute approximate surface area is 134 Å². The minimum absolute atomic E-state index is 0.0303. The van der Waals surface area contributed by atoms with Gasteiger partial charge in [-0.2, -0.15) is 0 Å². The van der Waals surface area contributed by atoms with Crippen LogP contribution in [0.25, 0.3) is 0 Å². The Morgan fingerprint density at radius 2 is 1.62 bits per heavy atom. The molecule has 2 saturated carbocycles. The number of esters is 1. The summed E-state index contributed by atoms with van der Waals surface area (Å²) >= 11 is 4.38. The molecule has 122 valence electrons. The third-order valence-corrected chi connectivity index (χ3v) is 5.44. The molecule has 2 aliphatic carbocycles. The summed E-state index contributed by atoms with van der Waals surface area (Å²) in [6.45, 7) is 4.36. The minimum Gasteiger partial charge on any atom is -0.462 e. The third kappa shape index (κ3) is 5.48. The van der Waals surface area contributed by atoms with Crippen molar-refractivity contribution in [1.82, 2.24) is 0 Å². The second-order valence-corrected chi connectivity index (χ2v) is 7.37. The summed E-state index contributed by atoms with van der Waals surface area (Å²) in [4.78, 5) is 12.3. The maximum atomic E-state index is 12.3. The molecule has 0 aromatic rings. The highest BCUT2D eigenvalue weighted by molar-refractivity contribution is 7.80. The van der Waals surface area contributed by atoms with Crippen molar-refractivity contribution in [2.45, 2.75) is 89.3 Å². The molecule has 2 fully saturated rings. The van der Waals surface area contributed by atoms with E-state index in [1.165, 1.54) is 12.8 Å². The molecule has 0 spiro atoms. The van der Waals surface area contributed by atoms with Gasteiger partial charge in [-0.3, -0.25) is 4.79 Å². The molecule has 0 bridgehead atoms. The van der Waals surface area contributed by atoms with Crippen LogP contribution in [0, 0.1) is 11.8 Å². The Hall–Kier alpha value is -0.220. The molecule has 0 amide bonds. The van der Waals surface area contributed by atoms with Gasteiger partial charge in [-0.25, -0.2) is 0 Å². The summed E-state index contributed by atoms with van der Waals surface area (Å²) in [6, 6.07) is 0. The first kappa shape index (κ1) is 17.1. The molecular weight excluding hydrogens is 284 g/mol. The number of hydrogen-bond acceptors (Lipinski definition) is 4. The second kappa shape index (κ2) is 8.42. The Kier molecular flexibility index (Phi) is 6.87. The predicted octanol–water partition coefficient (Wildman–Crippen LogP) is 4.35. The van der Waals surface area contributed by atoms with E-state index >= 15 is 0 Å². The first-order valence-electron chi connectivity index (χ1n) is 8.62. The zero-order chi connectivity index (χ0) is 15.2. The van der Waals surface area contributed by atoms with Gasteiger partial charge in [0.2, 0.25) is 0 Å². The SMILES string of the molecule is CCC(S)OC1CCC(C(=O)OC2CCC(C)CC2)CC1. The summed E-state index contributed by atoms with van der Waals surface area (Å²) < 4.78 is 11.6. The molecule has 0 aromatic heterocycles. The molecule has 4 heteroatoms. The van der Waals surface area contributed by atoms with Crippen molar-refractivity contribution in [2.75, 3.05) is 0 Å². The van der Waals surface area contributed by atoms with E-state index in [1.54, 1.807) is 0 Å². The number of rotatable bonds is 5. The fourth-order valence-corrected chi connectivity index (χ4v) is 3.53. The Balaban J connectivity index is 1.68. The third-order valence-electron chi connectivity index (χ3n) is 4.95.